The van der Waals surface area contributed by atoms with Gasteiger partial charge in [0.05, 0.1) is 4.75 Å². The van der Waals surface area contributed by atoms with E-state index in [-0.39, 0.29) is 0 Å². The minimum atomic E-state index is -3.05. The fourth-order valence-corrected chi connectivity index (χ4v) is 5.44. The van der Waals surface area contributed by atoms with Gasteiger partial charge in [-0.15, -0.1) is 0 Å². The number of hydrogen-bond acceptors (Lipinski definition) is 3. The fourth-order valence-electron chi connectivity index (χ4n) is 3.67. The van der Waals surface area contributed by atoms with Gasteiger partial charge in [-0.1, -0.05) is 64.0 Å². The Labute approximate surface area is 139 Å². The molecule has 0 aromatic heterocycles. The molecule has 3 nitrogen and oxygen atoms in total. The average molecular weight is 327 g/mol. The van der Waals surface area contributed by atoms with Crippen LogP contribution in [0.2, 0.25) is 18.5 Å². The number of hydrogen-bond donors (Lipinski definition) is 1. The molecule has 2 unspecified atom stereocenters. The van der Waals surface area contributed by atoms with Gasteiger partial charge in [0.1, 0.15) is 17.0 Å². The van der Waals surface area contributed by atoms with Crippen molar-refractivity contribution in [3.05, 3.63) is 0 Å². The van der Waals surface area contributed by atoms with Crippen molar-refractivity contribution in [3.8, 4) is 0 Å². The summed E-state index contributed by atoms with van der Waals surface area (Å²) in [5, 5.41) is 3.03. The summed E-state index contributed by atoms with van der Waals surface area (Å²) in [6, 6.07) is 0. The van der Waals surface area contributed by atoms with E-state index >= 15 is 0 Å². The van der Waals surface area contributed by atoms with Crippen LogP contribution in [0.25, 0.3) is 0 Å². The molecule has 128 valence electrons. The Morgan fingerprint density at radius 2 is 1.55 bits per heavy atom. The Hall–Kier alpha value is 0.0399. The van der Waals surface area contributed by atoms with Crippen LogP contribution in [0, 0.1) is 0 Å². The molecule has 0 spiro atoms. The highest BCUT2D eigenvalue weighted by molar-refractivity contribution is 8.16. The zero-order valence-electron chi connectivity index (χ0n) is 15.2. The van der Waals surface area contributed by atoms with Crippen molar-refractivity contribution in [2.24, 2.45) is 0 Å². The van der Waals surface area contributed by atoms with Crippen LogP contribution in [-0.2, 0) is 9.69 Å². The lowest BCUT2D eigenvalue weighted by atomic mass is 9.62. The van der Waals surface area contributed by atoms with Gasteiger partial charge in [-0.2, -0.15) is 0 Å². The summed E-state index contributed by atoms with van der Waals surface area (Å²) in [5.41, 5.74) is 0. The highest BCUT2D eigenvalue weighted by atomic mass is 32.2. The van der Waals surface area contributed by atoms with Crippen LogP contribution < -0.4 is 5.32 Å². The predicted octanol–water partition coefficient (Wildman–Crippen LogP) is 2.95. The lowest BCUT2D eigenvalue weighted by molar-refractivity contribution is 0.499. The Morgan fingerprint density at radius 3 is 2.14 bits per heavy atom. The summed E-state index contributed by atoms with van der Waals surface area (Å²) in [4.78, 5) is 0. The molecular formula is C16H35B2NO2S. The molecule has 0 bridgehead atoms. The van der Waals surface area contributed by atoms with Crippen molar-refractivity contribution >= 4 is 23.5 Å². The van der Waals surface area contributed by atoms with Crippen molar-refractivity contribution in [2.75, 3.05) is 13.6 Å². The first-order valence-electron chi connectivity index (χ1n) is 9.19. The molecule has 0 saturated heterocycles. The summed E-state index contributed by atoms with van der Waals surface area (Å²) in [7, 11) is 0.0487. The molecule has 0 heterocycles. The third-order valence-electron chi connectivity index (χ3n) is 5.43. The van der Waals surface area contributed by atoms with Crippen LogP contribution in [0.1, 0.15) is 65.2 Å². The summed E-state index contributed by atoms with van der Waals surface area (Å²) >= 11 is 0. The minimum Gasteiger partial charge on any atom is -0.318 e. The molecule has 1 N–H and O–H groups in total. The van der Waals surface area contributed by atoms with E-state index in [1.807, 2.05) is 20.9 Å². The van der Waals surface area contributed by atoms with Gasteiger partial charge in [0.25, 0.3) is 6.56 Å². The molecule has 6 heteroatoms. The Kier molecular flexibility index (Phi) is 8.55. The van der Waals surface area contributed by atoms with E-state index in [4.69, 9.17) is 0 Å². The monoisotopic (exact) mass is 327 g/mol. The third kappa shape index (κ3) is 6.27. The van der Waals surface area contributed by atoms with Gasteiger partial charge in [-0.05, 0) is 26.7 Å². The molecule has 0 aromatic rings. The first-order valence-corrected chi connectivity index (χ1v) is 10.8. The van der Waals surface area contributed by atoms with E-state index in [9.17, 15) is 8.42 Å². The summed E-state index contributed by atoms with van der Waals surface area (Å²) in [6.07, 6.45) is 9.82. The van der Waals surface area contributed by atoms with E-state index in [2.05, 4.69) is 12.1 Å². The number of rotatable bonds is 6. The van der Waals surface area contributed by atoms with Crippen LogP contribution in [-0.4, -0.2) is 40.6 Å². The lowest BCUT2D eigenvalue weighted by Gasteiger charge is -2.27. The van der Waals surface area contributed by atoms with Gasteiger partial charge in [0.15, 0.2) is 0 Å². The minimum absolute atomic E-state index is 0.358. The maximum Gasteiger partial charge on any atom is 0.277 e. The van der Waals surface area contributed by atoms with E-state index < -0.39 is 14.4 Å². The van der Waals surface area contributed by atoms with Crippen LogP contribution in [0.3, 0.4) is 0 Å². The van der Waals surface area contributed by atoms with Crippen molar-refractivity contribution in [1.29, 1.82) is 0 Å². The topological polar surface area (TPSA) is 46.2 Å². The molecule has 1 rings (SSSR count). The van der Waals surface area contributed by atoms with Crippen LogP contribution >= 0.6 is 0 Å². The van der Waals surface area contributed by atoms with Gasteiger partial charge in [0, 0.05) is 6.54 Å². The van der Waals surface area contributed by atoms with Gasteiger partial charge in [-0.3, -0.25) is 0 Å². The predicted molar refractivity (Wildman–Crippen MR) is 102 cm³/mol. The van der Waals surface area contributed by atoms with Crippen LogP contribution in [0.5, 0.6) is 0 Å². The molecule has 22 heavy (non-hydrogen) atoms. The molecule has 0 radical (unpaired) electrons. The van der Waals surface area contributed by atoms with E-state index in [0.29, 0.717) is 18.9 Å². The van der Waals surface area contributed by atoms with Gasteiger partial charge < -0.3 is 5.32 Å². The fraction of sp³-hybridized carbons (Fsp3) is 1.00. The average Bonchev–Trinajstić information content (AvgIpc) is 2.44. The molecular weight excluding hydrogens is 292 g/mol. The van der Waals surface area contributed by atoms with Crippen molar-refractivity contribution < 1.29 is 8.42 Å². The van der Waals surface area contributed by atoms with Gasteiger partial charge >= 0.3 is 0 Å². The molecule has 1 aliphatic rings. The maximum atomic E-state index is 12.7. The van der Waals surface area contributed by atoms with Crippen molar-refractivity contribution in [1.82, 2.24) is 5.32 Å². The summed E-state index contributed by atoms with van der Waals surface area (Å²) in [5.74, 6) is 1.22. The van der Waals surface area contributed by atoms with E-state index in [1.165, 1.54) is 45.8 Å². The lowest BCUT2D eigenvalue weighted by Crippen LogP contribution is -2.44. The third-order valence-corrected chi connectivity index (χ3v) is 8.16. The highest BCUT2D eigenvalue weighted by Gasteiger charge is 2.36. The molecule has 0 amide bonds. The largest absolute Gasteiger partial charge is 0.318 e. The second kappa shape index (κ2) is 9.36. The smallest absolute Gasteiger partial charge is 0.277 e. The zero-order valence-corrected chi connectivity index (χ0v) is 16.0. The summed E-state index contributed by atoms with van der Waals surface area (Å²) in [6.45, 7) is 6.90. The first-order chi connectivity index (χ1) is 10.3. The Balaban J connectivity index is 2.65. The zero-order chi connectivity index (χ0) is 16.6. The standard InChI is InChI=1S/C16H35B2NO2S/c1-16(2,13-19-4)22(20,21)18-15-10-7-5-6-9-14(17-3)11-8-12-15/h14-15,17-19H,5-13H2,1-4H3. The molecule has 0 aliphatic heterocycles. The Bertz CT molecular complexity index is 412. The molecule has 1 fully saturated rings. The van der Waals surface area contributed by atoms with Crippen LogP contribution in [0.4, 0.5) is 0 Å². The summed E-state index contributed by atoms with van der Waals surface area (Å²) < 4.78 is 24.8. The molecule has 0 aromatic carbocycles. The maximum absolute atomic E-state index is 12.7. The number of nitrogens with one attached hydrogen (secondary N) is 1. The Morgan fingerprint density at radius 1 is 1.00 bits per heavy atom. The quantitative estimate of drug-likeness (QED) is 0.763. The van der Waals surface area contributed by atoms with Crippen molar-refractivity contribution in [3.63, 3.8) is 0 Å². The van der Waals surface area contributed by atoms with Crippen LogP contribution in [0.15, 0.2) is 0 Å². The second-order valence-corrected chi connectivity index (χ2v) is 10.4. The highest BCUT2D eigenvalue weighted by Crippen LogP contribution is 2.31. The molecule has 1 saturated carbocycles. The normalized spacial score (nSPS) is 25.5. The van der Waals surface area contributed by atoms with E-state index in [0.717, 1.165) is 18.7 Å². The SMILES string of the molecule is CBC1CCCCCC(BS(=O)(=O)C(C)(C)CNC)CCC1. The van der Waals surface area contributed by atoms with Gasteiger partial charge in [0.2, 0.25) is 0 Å². The molecule has 2 atom stereocenters. The van der Waals surface area contributed by atoms with E-state index in [1.54, 1.807) is 0 Å². The van der Waals surface area contributed by atoms with Crippen molar-refractivity contribution in [2.45, 2.75) is 88.4 Å². The first kappa shape index (κ1) is 20.1. The second-order valence-electron chi connectivity index (χ2n) is 7.78. The van der Waals surface area contributed by atoms with Gasteiger partial charge in [-0.25, -0.2) is 8.42 Å². The molecule has 1 aliphatic carbocycles.